The summed E-state index contributed by atoms with van der Waals surface area (Å²) >= 11 is 1.68. The highest BCUT2D eigenvalue weighted by Crippen LogP contribution is 2.28. The summed E-state index contributed by atoms with van der Waals surface area (Å²) in [6.07, 6.45) is 1.55. The molecule has 0 aliphatic carbocycles. The number of pyridine rings is 1. The molecule has 142 valence electrons. The number of H-pyrrole nitrogens is 1. The van der Waals surface area contributed by atoms with Crippen molar-refractivity contribution in [3.63, 3.8) is 0 Å². The number of sulfonamides is 1. The molecular formula is C20H24N3O2S2+. The molecule has 0 spiro atoms. The summed E-state index contributed by atoms with van der Waals surface area (Å²) in [4.78, 5) is 4.55. The van der Waals surface area contributed by atoms with E-state index in [1.54, 1.807) is 29.7 Å². The SMILES string of the molecule is CCN(CC)S(=O)(=O)c1ccc(N[C@@H](c2ccccc2)c2cccs2)[nH+]c1. The summed E-state index contributed by atoms with van der Waals surface area (Å²) < 4.78 is 26.7. The third kappa shape index (κ3) is 4.37. The van der Waals surface area contributed by atoms with Crippen molar-refractivity contribution in [1.29, 1.82) is 0 Å². The lowest BCUT2D eigenvalue weighted by Gasteiger charge is -2.18. The van der Waals surface area contributed by atoms with E-state index in [1.165, 1.54) is 9.18 Å². The van der Waals surface area contributed by atoms with Crippen LogP contribution >= 0.6 is 11.3 Å². The lowest BCUT2D eigenvalue weighted by Crippen LogP contribution is -2.31. The van der Waals surface area contributed by atoms with E-state index in [2.05, 4.69) is 33.9 Å². The molecule has 2 heterocycles. The van der Waals surface area contributed by atoms with Gasteiger partial charge in [-0.15, -0.1) is 11.3 Å². The predicted octanol–water partition coefficient (Wildman–Crippen LogP) is 3.79. The number of anilines is 1. The number of nitrogens with zero attached hydrogens (tertiary/aromatic N) is 1. The molecule has 0 unspecified atom stereocenters. The molecule has 5 nitrogen and oxygen atoms in total. The van der Waals surface area contributed by atoms with Crippen molar-refractivity contribution in [1.82, 2.24) is 4.31 Å². The van der Waals surface area contributed by atoms with E-state index in [9.17, 15) is 8.42 Å². The number of thiophene rings is 1. The zero-order valence-corrected chi connectivity index (χ0v) is 17.1. The number of rotatable bonds is 8. The van der Waals surface area contributed by atoms with Crippen LogP contribution in [0.25, 0.3) is 0 Å². The van der Waals surface area contributed by atoms with Gasteiger partial charge in [-0.2, -0.15) is 4.31 Å². The van der Waals surface area contributed by atoms with Gasteiger partial charge in [-0.05, 0) is 17.5 Å². The van der Waals surface area contributed by atoms with Gasteiger partial charge >= 0.3 is 0 Å². The molecule has 1 atom stereocenters. The molecule has 0 aliphatic rings. The van der Waals surface area contributed by atoms with Gasteiger partial charge < -0.3 is 0 Å². The Kier molecular flexibility index (Phi) is 6.26. The minimum atomic E-state index is -3.47. The first-order valence-electron chi connectivity index (χ1n) is 8.93. The fourth-order valence-electron chi connectivity index (χ4n) is 2.95. The zero-order valence-electron chi connectivity index (χ0n) is 15.4. The lowest BCUT2D eigenvalue weighted by atomic mass is 10.1. The van der Waals surface area contributed by atoms with Crippen LogP contribution in [-0.4, -0.2) is 25.8 Å². The van der Waals surface area contributed by atoms with Crippen LogP contribution in [0.3, 0.4) is 0 Å². The molecule has 0 fully saturated rings. The first-order chi connectivity index (χ1) is 13.1. The summed E-state index contributed by atoms with van der Waals surface area (Å²) in [5.41, 5.74) is 1.15. The van der Waals surface area contributed by atoms with Crippen LogP contribution in [0.15, 0.2) is 71.1 Å². The van der Waals surface area contributed by atoms with E-state index in [0.717, 1.165) is 11.4 Å². The van der Waals surface area contributed by atoms with Crippen LogP contribution in [0, 0.1) is 0 Å². The highest BCUT2D eigenvalue weighted by atomic mass is 32.2. The van der Waals surface area contributed by atoms with Crippen molar-refractivity contribution in [2.75, 3.05) is 18.4 Å². The predicted molar refractivity (Wildman–Crippen MR) is 109 cm³/mol. The standard InChI is InChI=1S/C20H23N3O2S2/c1-3-23(4-2)27(24,25)17-12-13-19(21-15-17)22-20(18-11-8-14-26-18)16-9-6-5-7-10-16/h5-15,20H,3-4H2,1-2H3,(H,21,22)/p+1/t20-/m0/s1. The van der Waals surface area contributed by atoms with E-state index in [0.29, 0.717) is 13.1 Å². The van der Waals surface area contributed by atoms with E-state index in [4.69, 9.17) is 0 Å². The van der Waals surface area contributed by atoms with Crippen LogP contribution in [0.1, 0.15) is 30.3 Å². The molecule has 27 heavy (non-hydrogen) atoms. The van der Waals surface area contributed by atoms with Gasteiger partial charge in [-0.3, -0.25) is 5.32 Å². The number of aromatic amines is 1. The van der Waals surface area contributed by atoms with Gasteiger partial charge in [-0.1, -0.05) is 50.2 Å². The summed E-state index contributed by atoms with van der Waals surface area (Å²) in [5.74, 6) is 0.760. The second kappa shape index (κ2) is 8.65. The number of aromatic nitrogens is 1. The van der Waals surface area contributed by atoms with Crippen molar-refractivity contribution in [2.45, 2.75) is 24.8 Å². The molecule has 3 aromatic rings. The van der Waals surface area contributed by atoms with E-state index >= 15 is 0 Å². The molecule has 0 bridgehead atoms. The number of benzene rings is 1. The summed E-state index contributed by atoms with van der Waals surface area (Å²) in [5, 5.41) is 5.53. The van der Waals surface area contributed by atoms with Crippen LogP contribution in [0.5, 0.6) is 0 Å². The van der Waals surface area contributed by atoms with Gasteiger partial charge in [0.1, 0.15) is 11.1 Å². The van der Waals surface area contributed by atoms with Crippen molar-refractivity contribution in [2.24, 2.45) is 0 Å². The average molecular weight is 403 g/mol. The van der Waals surface area contributed by atoms with E-state index in [-0.39, 0.29) is 10.9 Å². The molecule has 1 aromatic carbocycles. The maximum atomic E-state index is 12.6. The van der Waals surface area contributed by atoms with Crippen LogP contribution in [0.2, 0.25) is 0 Å². The molecule has 3 rings (SSSR count). The fraction of sp³-hybridized carbons (Fsp3) is 0.250. The maximum Gasteiger partial charge on any atom is 0.273 e. The third-order valence-corrected chi connectivity index (χ3v) is 7.37. The van der Waals surface area contributed by atoms with Crippen molar-refractivity contribution in [3.05, 3.63) is 76.6 Å². The Labute approximate surface area is 164 Å². The molecule has 0 saturated heterocycles. The zero-order chi connectivity index (χ0) is 19.3. The molecule has 0 radical (unpaired) electrons. The Balaban J connectivity index is 1.86. The first kappa shape index (κ1) is 19.5. The van der Waals surface area contributed by atoms with Gasteiger partial charge in [0.25, 0.3) is 5.82 Å². The normalized spacial score (nSPS) is 12.9. The van der Waals surface area contributed by atoms with Gasteiger partial charge in [0, 0.05) is 24.7 Å². The van der Waals surface area contributed by atoms with Gasteiger partial charge in [0.2, 0.25) is 10.0 Å². The molecule has 7 heteroatoms. The molecular weight excluding hydrogens is 378 g/mol. The smallest absolute Gasteiger partial charge is 0.262 e. The molecule has 0 aliphatic heterocycles. The highest BCUT2D eigenvalue weighted by molar-refractivity contribution is 7.89. The monoisotopic (exact) mass is 402 g/mol. The van der Waals surface area contributed by atoms with Crippen LogP contribution in [-0.2, 0) is 10.0 Å². The van der Waals surface area contributed by atoms with Gasteiger partial charge in [0.05, 0.1) is 4.88 Å². The Morgan fingerprint density at radius 2 is 1.78 bits per heavy atom. The van der Waals surface area contributed by atoms with Crippen molar-refractivity contribution < 1.29 is 13.4 Å². The third-order valence-electron chi connectivity index (χ3n) is 4.39. The highest BCUT2D eigenvalue weighted by Gasteiger charge is 2.24. The largest absolute Gasteiger partial charge is 0.273 e. The Hall–Kier alpha value is -2.22. The quantitative estimate of drug-likeness (QED) is 0.623. The summed E-state index contributed by atoms with van der Waals surface area (Å²) in [7, 11) is -3.47. The minimum absolute atomic E-state index is 0.00677. The van der Waals surface area contributed by atoms with Crippen LogP contribution in [0.4, 0.5) is 5.82 Å². The van der Waals surface area contributed by atoms with E-state index in [1.807, 2.05) is 38.1 Å². The summed E-state index contributed by atoms with van der Waals surface area (Å²) in [6.45, 7) is 4.58. The Morgan fingerprint density at radius 3 is 2.33 bits per heavy atom. The minimum Gasteiger partial charge on any atom is -0.262 e. The summed E-state index contributed by atoms with van der Waals surface area (Å²) in [6, 6.07) is 17.7. The van der Waals surface area contributed by atoms with E-state index < -0.39 is 10.0 Å². The van der Waals surface area contributed by atoms with Crippen LogP contribution < -0.4 is 10.3 Å². The van der Waals surface area contributed by atoms with Crippen molar-refractivity contribution in [3.8, 4) is 0 Å². The fourth-order valence-corrected chi connectivity index (χ4v) is 5.18. The van der Waals surface area contributed by atoms with Crippen molar-refractivity contribution >= 4 is 27.2 Å². The molecule has 2 N–H and O–H groups in total. The first-order valence-corrected chi connectivity index (χ1v) is 11.2. The lowest BCUT2D eigenvalue weighted by molar-refractivity contribution is -0.364. The number of nitrogens with one attached hydrogen (secondary N) is 2. The second-order valence-electron chi connectivity index (χ2n) is 6.03. The topological polar surface area (TPSA) is 63.6 Å². The maximum absolute atomic E-state index is 12.6. The average Bonchev–Trinajstić information content (AvgIpc) is 3.22. The molecule has 2 aromatic heterocycles. The van der Waals surface area contributed by atoms with Gasteiger partial charge in [-0.25, -0.2) is 13.4 Å². The Bertz CT molecular complexity index is 937. The second-order valence-corrected chi connectivity index (χ2v) is 8.95. The Morgan fingerprint density at radius 1 is 1.04 bits per heavy atom. The number of hydrogen-bond acceptors (Lipinski definition) is 4. The molecule has 0 amide bonds. The van der Waals surface area contributed by atoms with Gasteiger partial charge in [0.15, 0.2) is 6.04 Å². The molecule has 0 saturated carbocycles. The number of hydrogen-bond donors (Lipinski definition) is 1.